The number of phenolic OH excluding ortho intramolecular Hbond substituents is 2. The summed E-state index contributed by atoms with van der Waals surface area (Å²) >= 11 is 0. The predicted octanol–water partition coefficient (Wildman–Crippen LogP) is 1.29. The van der Waals surface area contributed by atoms with E-state index in [1.165, 1.54) is 32.2 Å². The lowest BCUT2D eigenvalue weighted by Crippen LogP contribution is -2.52. The first-order valence-corrected chi connectivity index (χ1v) is 12.5. The molecule has 1 saturated heterocycles. The molecule has 0 amide bonds. The van der Waals surface area contributed by atoms with Gasteiger partial charge in [-0.2, -0.15) is 0 Å². The summed E-state index contributed by atoms with van der Waals surface area (Å²) in [7, 11) is 1.34. The van der Waals surface area contributed by atoms with Crippen LogP contribution in [0, 0.1) is 0 Å². The fourth-order valence-electron chi connectivity index (χ4n) is 5.76. The average Bonchev–Trinajstić information content (AvgIpc) is 2.90. The summed E-state index contributed by atoms with van der Waals surface area (Å²) in [5.74, 6) is -2.51. The number of ether oxygens (including phenoxy) is 3. The second kappa shape index (κ2) is 9.57. The molecular formula is C27H30N2O10. The maximum atomic E-state index is 13.7. The average molecular weight is 543 g/mol. The van der Waals surface area contributed by atoms with Crippen LogP contribution in [0.15, 0.2) is 23.4 Å². The molecule has 7 N–H and O–H groups in total. The Kier molecular flexibility index (Phi) is 6.64. The maximum absolute atomic E-state index is 13.7. The molecule has 0 radical (unpaired) electrons. The summed E-state index contributed by atoms with van der Waals surface area (Å²) in [6, 6.07) is 3.77. The van der Waals surface area contributed by atoms with Gasteiger partial charge in [0.15, 0.2) is 12.1 Å². The number of fused-ring (bicyclic) bond motifs is 3. The number of carbonyl (C=O) groups is 2. The smallest absolute Gasteiger partial charge is 0.202 e. The highest BCUT2D eigenvalue weighted by molar-refractivity contribution is 6.31. The summed E-state index contributed by atoms with van der Waals surface area (Å²) in [4.78, 5) is 27.2. The number of nitrogens with two attached hydrogens (primary N) is 1. The number of aliphatic hydroxyl groups excluding tert-OH is 1. The number of aromatic hydroxyl groups is 2. The van der Waals surface area contributed by atoms with Crippen LogP contribution >= 0.6 is 0 Å². The van der Waals surface area contributed by atoms with Crippen molar-refractivity contribution in [1.82, 2.24) is 0 Å². The van der Waals surface area contributed by atoms with Crippen molar-refractivity contribution in [2.45, 2.75) is 69.4 Å². The Balaban J connectivity index is 1.69. The number of aliphatic hydroxyl groups is 2. The van der Waals surface area contributed by atoms with Crippen LogP contribution < -0.4 is 10.5 Å². The second-order valence-corrected chi connectivity index (χ2v) is 10.3. The number of rotatable bonds is 4. The molecule has 5 rings (SSSR count). The summed E-state index contributed by atoms with van der Waals surface area (Å²) < 4.78 is 17.2. The van der Waals surface area contributed by atoms with Gasteiger partial charge in [0.1, 0.15) is 22.8 Å². The Morgan fingerprint density at radius 2 is 1.85 bits per heavy atom. The standard InChI is InChI=1S/C27H30N2O10/c1-10-22(30)14(28)7-17(38-10)39-16-9-27(35,11(2)29-36)8-13-19(16)26(34)21-20(24(13)32)23(31)12-5-4-6-15(37-3)18(12)25(21)33/h4-6,10,14,16-17,22,30,32,34-36H,7-9,28H2,1-3H3/b29-11-/t10-,14-,16-,17+,22+,27+/m1/s1. The minimum atomic E-state index is -1.85. The molecule has 3 aliphatic rings. The minimum absolute atomic E-state index is 0.00869. The van der Waals surface area contributed by atoms with Gasteiger partial charge < -0.3 is 45.6 Å². The van der Waals surface area contributed by atoms with Crippen molar-refractivity contribution in [1.29, 1.82) is 0 Å². The molecule has 0 aromatic heterocycles. The first kappa shape index (κ1) is 27.0. The van der Waals surface area contributed by atoms with Crippen LogP contribution in [0.1, 0.15) is 75.8 Å². The highest BCUT2D eigenvalue weighted by Crippen LogP contribution is 2.52. The molecule has 1 heterocycles. The molecule has 0 unspecified atom stereocenters. The third-order valence-electron chi connectivity index (χ3n) is 7.97. The number of benzene rings is 2. The van der Waals surface area contributed by atoms with Crippen LogP contribution in [-0.2, 0) is 15.9 Å². The maximum Gasteiger partial charge on any atom is 0.202 e. The van der Waals surface area contributed by atoms with Gasteiger partial charge in [-0.15, -0.1) is 0 Å². The van der Waals surface area contributed by atoms with Gasteiger partial charge in [0, 0.05) is 42.0 Å². The van der Waals surface area contributed by atoms with Gasteiger partial charge >= 0.3 is 0 Å². The minimum Gasteiger partial charge on any atom is -0.507 e. The van der Waals surface area contributed by atoms with Crippen molar-refractivity contribution in [3.63, 3.8) is 0 Å². The lowest BCUT2D eigenvalue weighted by atomic mass is 9.72. The zero-order valence-electron chi connectivity index (χ0n) is 21.5. The van der Waals surface area contributed by atoms with Gasteiger partial charge in [-0.05, 0) is 19.9 Å². The number of hydrogen-bond donors (Lipinski definition) is 6. The molecule has 0 saturated carbocycles. The highest BCUT2D eigenvalue weighted by Gasteiger charge is 2.49. The largest absolute Gasteiger partial charge is 0.507 e. The first-order valence-electron chi connectivity index (χ1n) is 12.5. The first-order chi connectivity index (χ1) is 18.4. The molecule has 0 spiro atoms. The quantitative estimate of drug-likeness (QED) is 0.120. The molecule has 12 nitrogen and oxygen atoms in total. The van der Waals surface area contributed by atoms with Gasteiger partial charge in [-0.25, -0.2) is 0 Å². The molecule has 1 fully saturated rings. The highest BCUT2D eigenvalue weighted by atomic mass is 16.7. The van der Waals surface area contributed by atoms with E-state index in [0.717, 1.165) is 0 Å². The van der Waals surface area contributed by atoms with E-state index in [-0.39, 0.29) is 53.0 Å². The zero-order chi connectivity index (χ0) is 28.4. The van der Waals surface area contributed by atoms with E-state index < -0.39 is 70.4 Å². The van der Waals surface area contributed by atoms with E-state index >= 15 is 0 Å². The normalized spacial score (nSPS) is 30.4. The van der Waals surface area contributed by atoms with Gasteiger partial charge in [0.2, 0.25) is 5.78 Å². The molecule has 6 atom stereocenters. The van der Waals surface area contributed by atoms with Crippen LogP contribution in [0.3, 0.4) is 0 Å². The Morgan fingerprint density at radius 1 is 1.15 bits per heavy atom. The van der Waals surface area contributed by atoms with Gasteiger partial charge in [0.25, 0.3) is 0 Å². The number of carbonyl (C=O) groups excluding carboxylic acids is 2. The third kappa shape index (κ3) is 4.07. The van der Waals surface area contributed by atoms with E-state index in [2.05, 4.69) is 5.16 Å². The van der Waals surface area contributed by atoms with Crippen molar-refractivity contribution >= 4 is 17.3 Å². The number of phenols is 2. The van der Waals surface area contributed by atoms with Crippen molar-refractivity contribution in [2.24, 2.45) is 10.9 Å². The van der Waals surface area contributed by atoms with Gasteiger partial charge in [-0.1, -0.05) is 17.3 Å². The van der Waals surface area contributed by atoms with Crippen molar-refractivity contribution in [3.05, 3.63) is 51.6 Å². The van der Waals surface area contributed by atoms with Crippen LogP contribution in [0.2, 0.25) is 0 Å². The number of ketones is 2. The van der Waals surface area contributed by atoms with Crippen molar-refractivity contribution in [3.8, 4) is 17.2 Å². The summed E-state index contributed by atoms with van der Waals surface area (Å²) in [5.41, 5.74) is 3.14. The van der Waals surface area contributed by atoms with E-state index in [1.54, 1.807) is 6.92 Å². The Labute approximate surface area is 223 Å². The summed E-state index contributed by atoms with van der Waals surface area (Å²) in [6.45, 7) is 2.99. The zero-order valence-corrected chi connectivity index (χ0v) is 21.5. The van der Waals surface area contributed by atoms with E-state index in [9.17, 15) is 35.2 Å². The van der Waals surface area contributed by atoms with Crippen molar-refractivity contribution < 1.29 is 49.4 Å². The Morgan fingerprint density at radius 3 is 2.49 bits per heavy atom. The molecule has 12 heteroatoms. The van der Waals surface area contributed by atoms with E-state index in [0.29, 0.717) is 0 Å². The van der Waals surface area contributed by atoms with Crippen LogP contribution in [-0.4, -0.2) is 80.2 Å². The van der Waals surface area contributed by atoms with Crippen molar-refractivity contribution in [2.75, 3.05) is 7.11 Å². The van der Waals surface area contributed by atoms with E-state index in [4.69, 9.17) is 19.9 Å². The molecule has 2 aromatic rings. The number of nitrogens with zero attached hydrogens (tertiary/aromatic N) is 1. The molecule has 208 valence electrons. The topological polar surface area (TPSA) is 201 Å². The molecule has 0 bridgehead atoms. The molecular weight excluding hydrogens is 512 g/mol. The van der Waals surface area contributed by atoms with Crippen LogP contribution in [0.4, 0.5) is 0 Å². The number of oxime groups is 1. The number of methoxy groups -OCH3 is 1. The molecule has 39 heavy (non-hydrogen) atoms. The lowest BCUT2D eigenvalue weighted by molar-refractivity contribution is -0.245. The monoisotopic (exact) mass is 542 g/mol. The Hall–Kier alpha value is -3.55. The van der Waals surface area contributed by atoms with Gasteiger partial charge in [-0.3, -0.25) is 9.59 Å². The van der Waals surface area contributed by atoms with Gasteiger partial charge in [0.05, 0.1) is 47.8 Å². The predicted molar refractivity (Wildman–Crippen MR) is 135 cm³/mol. The Bertz CT molecular complexity index is 1390. The molecule has 2 aliphatic carbocycles. The van der Waals surface area contributed by atoms with E-state index in [1.807, 2.05) is 0 Å². The fraction of sp³-hybridized carbons (Fsp3) is 0.444. The summed E-state index contributed by atoms with van der Waals surface area (Å²) in [5, 5.41) is 57.1. The van der Waals surface area contributed by atoms with Crippen LogP contribution in [0.25, 0.3) is 0 Å². The molecule has 2 aromatic carbocycles. The third-order valence-corrected chi connectivity index (χ3v) is 7.97. The number of hydrogen-bond acceptors (Lipinski definition) is 12. The SMILES string of the molecule is COc1cccc2c1C(=O)c1c(O)c3c(c(O)c1C2=O)C[C@@](O)(/C(C)=N\O)C[C@H]3O[C@H]1C[C@@H](N)[C@@H](O)[C@@H](C)O1. The van der Waals surface area contributed by atoms with Crippen LogP contribution in [0.5, 0.6) is 17.2 Å². The fourth-order valence-corrected chi connectivity index (χ4v) is 5.76. The second-order valence-electron chi connectivity index (χ2n) is 10.3. The lowest BCUT2D eigenvalue weighted by Gasteiger charge is -2.42. The summed E-state index contributed by atoms with van der Waals surface area (Å²) in [6.07, 6.45) is -4.34. The molecule has 1 aliphatic heterocycles.